The largest absolute Gasteiger partial charge is 0.495 e. The molecule has 4 amide bonds. The highest BCUT2D eigenvalue weighted by Gasteiger charge is 2.17. The average Bonchev–Trinajstić information content (AvgIpc) is 2.67. The lowest BCUT2D eigenvalue weighted by Crippen LogP contribution is -2.45. The number of nitrogens with one attached hydrogen (secondary N) is 4. The summed E-state index contributed by atoms with van der Waals surface area (Å²) in [6, 6.07) is 13.1. The number of hydrogen-bond acceptors (Lipinski definition) is 5. The molecule has 0 unspecified atom stereocenters. The summed E-state index contributed by atoms with van der Waals surface area (Å²) in [4.78, 5) is 35.4. The zero-order chi connectivity index (χ0) is 20.5. The minimum absolute atomic E-state index is 0.211. The van der Waals surface area contributed by atoms with Crippen molar-refractivity contribution >= 4 is 29.2 Å². The van der Waals surface area contributed by atoms with Crippen LogP contribution in [-0.4, -0.2) is 31.0 Å². The predicted octanol–water partition coefficient (Wildman–Crippen LogP) is 2.48. The quantitative estimate of drug-likeness (QED) is 0.586. The molecule has 1 atom stereocenters. The van der Waals surface area contributed by atoms with Gasteiger partial charge in [0.2, 0.25) is 11.8 Å². The van der Waals surface area contributed by atoms with Gasteiger partial charge < -0.3 is 20.7 Å². The summed E-state index contributed by atoms with van der Waals surface area (Å²) in [7, 11) is 1.50. The fourth-order valence-electron chi connectivity index (χ4n) is 2.44. The van der Waals surface area contributed by atoms with Crippen molar-refractivity contribution in [1.29, 1.82) is 0 Å². The number of ether oxygens (including phenoxy) is 1. The first kappa shape index (κ1) is 20.8. The van der Waals surface area contributed by atoms with Crippen LogP contribution in [0.25, 0.3) is 0 Å². The van der Waals surface area contributed by atoms with Crippen LogP contribution in [0.15, 0.2) is 48.5 Å². The van der Waals surface area contributed by atoms with Crippen LogP contribution in [0.3, 0.4) is 0 Å². The first-order chi connectivity index (χ1) is 13.4. The lowest BCUT2D eigenvalue weighted by molar-refractivity contribution is -0.120. The standard InChI is InChI=1S/C20H24N4O4/c1-13(19(26)24-20(27)21-12-15-7-5-4-6-8-15)22-17-11-16(23-14(2)25)9-10-18(17)28-3/h4-11,13,22H,12H2,1-3H3,(H,23,25)(H2,21,24,26,27)/t13-/m0/s1. The monoisotopic (exact) mass is 384 g/mol. The third-order valence-corrected chi connectivity index (χ3v) is 3.82. The number of anilines is 2. The second-order valence-electron chi connectivity index (χ2n) is 6.12. The first-order valence-electron chi connectivity index (χ1n) is 8.74. The van der Waals surface area contributed by atoms with Crippen LogP contribution in [0, 0.1) is 0 Å². The maximum atomic E-state index is 12.3. The molecule has 2 aromatic carbocycles. The van der Waals surface area contributed by atoms with Crippen molar-refractivity contribution in [3.8, 4) is 5.75 Å². The van der Waals surface area contributed by atoms with E-state index in [-0.39, 0.29) is 5.91 Å². The van der Waals surface area contributed by atoms with E-state index in [0.29, 0.717) is 23.7 Å². The summed E-state index contributed by atoms with van der Waals surface area (Å²) >= 11 is 0. The van der Waals surface area contributed by atoms with Crippen LogP contribution in [0.5, 0.6) is 5.75 Å². The smallest absolute Gasteiger partial charge is 0.321 e. The maximum absolute atomic E-state index is 12.3. The summed E-state index contributed by atoms with van der Waals surface area (Å²) in [5, 5.41) is 10.6. The lowest BCUT2D eigenvalue weighted by atomic mass is 10.2. The van der Waals surface area contributed by atoms with Crippen LogP contribution in [0.4, 0.5) is 16.2 Å². The molecule has 8 nitrogen and oxygen atoms in total. The molecule has 8 heteroatoms. The molecule has 0 aliphatic rings. The van der Waals surface area contributed by atoms with Crippen molar-refractivity contribution in [2.45, 2.75) is 26.4 Å². The zero-order valence-corrected chi connectivity index (χ0v) is 16.0. The number of carbonyl (C=O) groups excluding carboxylic acids is 3. The van der Waals surface area contributed by atoms with E-state index in [2.05, 4.69) is 21.3 Å². The highest BCUT2D eigenvalue weighted by atomic mass is 16.5. The van der Waals surface area contributed by atoms with Gasteiger partial charge in [-0.2, -0.15) is 0 Å². The molecule has 0 fully saturated rings. The molecule has 2 aromatic rings. The molecule has 0 heterocycles. The van der Waals surface area contributed by atoms with Gasteiger partial charge >= 0.3 is 6.03 Å². The fourth-order valence-corrected chi connectivity index (χ4v) is 2.44. The summed E-state index contributed by atoms with van der Waals surface area (Å²) in [6.07, 6.45) is 0. The van der Waals surface area contributed by atoms with Crippen molar-refractivity contribution in [3.63, 3.8) is 0 Å². The second-order valence-corrected chi connectivity index (χ2v) is 6.12. The Morgan fingerprint density at radius 2 is 1.79 bits per heavy atom. The van der Waals surface area contributed by atoms with Gasteiger partial charge in [-0.1, -0.05) is 30.3 Å². The molecule has 0 saturated carbocycles. The van der Waals surface area contributed by atoms with E-state index in [0.717, 1.165) is 5.56 Å². The van der Waals surface area contributed by atoms with Gasteiger partial charge in [0, 0.05) is 19.2 Å². The number of imide groups is 1. The lowest BCUT2D eigenvalue weighted by Gasteiger charge is -2.18. The van der Waals surface area contributed by atoms with Crippen LogP contribution in [-0.2, 0) is 16.1 Å². The Kier molecular flexibility index (Phi) is 7.38. The van der Waals surface area contributed by atoms with Crippen LogP contribution < -0.4 is 26.0 Å². The molecule has 0 bridgehead atoms. The van der Waals surface area contributed by atoms with E-state index >= 15 is 0 Å². The minimum Gasteiger partial charge on any atom is -0.495 e. The van der Waals surface area contributed by atoms with Gasteiger partial charge in [0.1, 0.15) is 11.8 Å². The molecule has 148 valence electrons. The third-order valence-electron chi connectivity index (χ3n) is 3.82. The molecule has 0 spiro atoms. The predicted molar refractivity (Wildman–Crippen MR) is 107 cm³/mol. The van der Waals surface area contributed by atoms with E-state index in [4.69, 9.17) is 4.74 Å². The molecule has 4 N–H and O–H groups in total. The Morgan fingerprint density at radius 1 is 1.07 bits per heavy atom. The van der Waals surface area contributed by atoms with E-state index in [1.54, 1.807) is 25.1 Å². The number of methoxy groups -OCH3 is 1. The van der Waals surface area contributed by atoms with Crippen LogP contribution >= 0.6 is 0 Å². The molecule has 28 heavy (non-hydrogen) atoms. The molecule has 2 rings (SSSR count). The van der Waals surface area contributed by atoms with Gasteiger partial charge in [-0.3, -0.25) is 14.9 Å². The van der Waals surface area contributed by atoms with E-state index in [1.165, 1.54) is 14.0 Å². The fraction of sp³-hybridized carbons (Fsp3) is 0.250. The number of hydrogen-bond donors (Lipinski definition) is 4. The summed E-state index contributed by atoms with van der Waals surface area (Å²) in [6.45, 7) is 3.33. The first-order valence-corrected chi connectivity index (χ1v) is 8.74. The Hall–Kier alpha value is -3.55. The third kappa shape index (κ3) is 6.31. The van der Waals surface area contributed by atoms with Gasteiger partial charge in [0.05, 0.1) is 12.8 Å². The number of amides is 4. The zero-order valence-electron chi connectivity index (χ0n) is 16.0. The normalized spacial score (nSPS) is 11.1. The molecular weight excluding hydrogens is 360 g/mol. The highest BCUT2D eigenvalue weighted by Crippen LogP contribution is 2.28. The summed E-state index contributed by atoms with van der Waals surface area (Å²) in [5.74, 6) is -0.211. The molecular formula is C20H24N4O4. The van der Waals surface area contributed by atoms with Crippen LogP contribution in [0.2, 0.25) is 0 Å². The van der Waals surface area contributed by atoms with Gasteiger partial charge in [-0.15, -0.1) is 0 Å². The van der Waals surface area contributed by atoms with Gasteiger partial charge in [0.25, 0.3) is 0 Å². The Morgan fingerprint density at radius 3 is 2.43 bits per heavy atom. The van der Waals surface area contributed by atoms with Crippen LogP contribution in [0.1, 0.15) is 19.4 Å². The van der Waals surface area contributed by atoms with E-state index < -0.39 is 18.0 Å². The van der Waals surface area contributed by atoms with E-state index in [1.807, 2.05) is 30.3 Å². The number of carbonyl (C=O) groups is 3. The molecule has 0 aliphatic heterocycles. The minimum atomic E-state index is -0.719. The van der Waals surface area contributed by atoms with Crippen molar-refractivity contribution in [1.82, 2.24) is 10.6 Å². The van der Waals surface area contributed by atoms with Gasteiger partial charge in [0.15, 0.2) is 0 Å². The van der Waals surface area contributed by atoms with E-state index in [9.17, 15) is 14.4 Å². The van der Waals surface area contributed by atoms with Gasteiger partial charge in [-0.05, 0) is 30.7 Å². The van der Waals surface area contributed by atoms with Crippen molar-refractivity contribution in [2.24, 2.45) is 0 Å². The summed E-state index contributed by atoms with van der Waals surface area (Å²) < 4.78 is 5.27. The molecule has 0 aromatic heterocycles. The topological polar surface area (TPSA) is 109 Å². The highest BCUT2D eigenvalue weighted by molar-refractivity contribution is 5.98. The molecule has 0 radical (unpaired) electrons. The SMILES string of the molecule is COc1ccc(NC(C)=O)cc1N[C@@H](C)C(=O)NC(=O)NCc1ccccc1. The number of rotatable bonds is 7. The van der Waals surface area contributed by atoms with Crippen molar-refractivity contribution in [3.05, 3.63) is 54.1 Å². The average molecular weight is 384 g/mol. The number of benzene rings is 2. The Labute approximate surface area is 163 Å². The van der Waals surface area contributed by atoms with Crippen molar-refractivity contribution in [2.75, 3.05) is 17.7 Å². The Bertz CT molecular complexity index is 839. The molecule has 0 aliphatic carbocycles. The summed E-state index contributed by atoms with van der Waals surface area (Å²) in [5.41, 5.74) is 2.00. The van der Waals surface area contributed by atoms with Crippen molar-refractivity contribution < 1.29 is 19.1 Å². The molecule has 0 saturated heterocycles. The second kappa shape index (κ2) is 9.96. The number of urea groups is 1. The Balaban J connectivity index is 1.93. The maximum Gasteiger partial charge on any atom is 0.321 e. The van der Waals surface area contributed by atoms with Gasteiger partial charge in [-0.25, -0.2) is 4.79 Å².